The van der Waals surface area contributed by atoms with Gasteiger partial charge < -0.3 is 14.8 Å². The molecule has 1 aliphatic rings. The van der Waals surface area contributed by atoms with Gasteiger partial charge in [0.1, 0.15) is 0 Å². The number of carbonyl (C=O) groups excluding carboxylic acids is 1. The van der Waals surface area contributed by atoms with E-state index in [1.165, 1.54) is 4.57 Å². The number of hydrogen-bond acceptors (Lipinski definition) is 5. The fourth-order valence-electron chi connectivity index (χ4n) is 3.47. The topological polar surface area (TPSA) is 102 Å². The highest BCUT2D eigenvalue weighted by molar-refractivity contribution is 5.97. The maximum atomic E-state index is 12.8. The molecule has 8 nitrogen and oxygen atoms in total. The first-order valence-electron chi connectivity index (χ1n) is 8.49. The van der Waals surface area contributed by atoms with Crippen LogP contribution in [-0.4, -0.2) is 31.5 Å². The molecule has 2 N–H and O–H groups in total. The molecule has 2 aromatic heterocycles. The molecule has 1 unspecified atom stereocenters. The second kappa shape index (κ2) is 6.14. The Kier molecular flexibility index (Phi) is 3.91. The summed E-state index contributed by atoms with van der Waals surface area (Å²) in [5.74, 6) is -0.537. The van der Waals surface area contributed by atoms with Crippen molar-refractivity contribution in [3.05, 3.63) is 52.3 Å². The Morgan fingerprint density at radius 2 is 2.15 bits per heavy atom. The lowest BCUT2D eigenvalue weighted by atomic mass is 9.75. The largest absolute Gasteiger partial charge is 0.419 e. The van der Waals surface area contributed by atoms with Gasteiger partial charge in [-0.25, -0.2) is 4.79 Å². The van der Waals surface area contributed by atoms with Crippen LogP contribution < -0.4 is 11.1 Å². The molecular weight excluding hydrogens is 336 g/mol. The Morgan fingerprint density at radius 1 is 1.38 bits per heavy atom. The van der Waals surface area contributed by atoms with Crippen LogP contribution in [0.15, 0.2) is 39.8 Å². The summed E-state index contributed by atoms with van der Waals surface area (Å²) in [4.78, 5) is 24.4. The molecule has 0 bridgehead atoms. The van der Waals surface area contributed by atoms with Crippen LogP contribution in [0.5, 0.6) is 0 Å². The number of aryl methyl sites for hydroxylation is 2. The van der Waals surface area contributed by atoms with Gasteiger partial charge in [-0.15, -0.1) is 0 Å². The predicted molar refractivity (Wildman–Crippen MR) is 93.6 cm³/mol. The van der Waals surface area contributed by atoms with Gasteiger partial charge in [0.15, 0.2) is 5.58 Å². The second-order valence-electron chi connectivity index (χ2n) is 6.89. The highest BCUT2D eigenvalue weighted by Crippen LogP contribution is 2.38. The summed E-state index contributed by atoms with van der Waals surface area (Å²) in [6.07, 6.45) is 4.59. The molecule has 26 heavy (non-hydrogen) atoms. The van der Waals surface area contributed by atoms with E-state index in [9.17, 15) is 14.7 Å². The van der Waals surface area contributed by atoms with Gasteiger partial charge in [0, 0.05) is 31.4 Å². The van der Waals surface area contributed by atoms with E-state index in [1.807, 2.05) is 13.2 Å². The van der Waals surface area contributed by atoms with Crippen molar-refractivity contribution in [2.24, 2.45) is 20.0 Å². The third-order valence-electron chi connectivity index (χ3n) is 5.05. The van der Waals surface area contributed by atoms with Gasteiger partial charge in [-0.3, -0.25) is 14.0 Å². The zero-order valence-electron chi connectivity index (χ0n) is 14.5. The fraction of sp³-hybridized carbons (Fsp3) is 0.389. The number of amides is 1. The monoisotopic (exact) mass is 356 g/mol. The van der Waals surface area contributed by atoms with E-state index >= 15 is 0 Å². The smallest absolute Gasteiger partial charge is 0.408 e. The Hall–Kier alpha value is -2.87. The van der Waals surface area contributed by atoms with Crippen molar-refractivity contribution in [1.29, 1.82) is 0 Å². The summed E-state index contributed by atoms with van der Waals surface area (Å²) in [5.41, 5.74) is 2.37. The summed E-state index contributed by atoms with van der Waals surface area (Å²) in [7, 11) is 3.43. The molecule has 0 saturated heterocycles. The standard InChI is InChI=1S/C18H20N4O4/c1-21-9-12(8-19-21)16(11-5-13(23)6-11)20-17(24)10-3-4-15-14(7-10)22(2)18(25)26-15/h3-4,7-9,11,13,16,23H,5-6H2,1-2H3,(H,20,24). The van der Waals surface area contributed by atoms with Crippen LogP contribution in [-0.2, 0) is 14.1 Å². The maximum Gasteiger partial charge on any atom is 0.419 e. The van der Waals surface area contributed by atoms with Gasteiger partial charge in [-0.2, -0.15) is 5.10 Å². The van der Waals surface area contributed by atoms with Crippen molar-refractivity contribution in [1.82, 2.24) is 19.7 Å². The van der Waals surface area contributed by atoms with Crippen molar-refractivity contribution in [3.8, 4) is 0 Å². The number of oxazole rings is 1. The highest BCUT2D eigenvalue weighted by atomic mass is 16.4. The number of hydrogen-bond donors (Lipinski definition) is 2. The quantitative estimate of drug-likeness (QED) is 0.729. The molecule has 1 aromatic carbocycles. The Bertz CT molecular complexity index is 1030. The van der Waals surface area contributed by atoms with Crippen LogP contribution in [0, 0.1) is 5.92 Å². The zero-order valence-corrected chi connectivity index (χ0v) is 14.5. The molecular formula is C18H20N4O4. The molecule has 4 rings (SSSR count). The van der Waals surface area contributed by atoms with Crippen molar-refractivity contribution < 1.29 is 14.3 Å². The van der Waals surface area contributed by atoms with Gasteiger partial charge in [-0.05, 0) is 37.0 Å². The molecule has 0 spiro atoms. The Balaban J connectivity index is 1.62. The van der Waals surface area contributed by atoms with Crippen molar-refractivity contribution in [2.45, 2.75) is 25.0 Å². The fourth-order valence-corrected chi connectivity index (χ4v) is 3.47. The molecule has 1 atom stereocenters. The minimum Gasteiger partial charge on any atom is -0.408 e. The summed E-state index contributed by atoms with van der Waals surface area (Å²) in [6.45, 7) is 0. The number of aliphatic hydroxyl groups excluding tert-OH is 1. The molecule has 8 heteroatoms. The second-order valence-corrected chi connectivity index (χ2v) is 6.89. The van der Waals surface area contributed by atoms with E-state index in [0.29, 0.717) is 29.5 Å². The maximum absolute atomic E-state index is 12.8. The Morgan fingerprint density at radius 3 is 2.81 bits per heavy atom. The average Bonchev–Trinajstić information content (AvgIpc) is 3.13. The van der Waals surface area contributed by atoms with Gasteiger partial charge in [0.2, 0.25) is 0 Å². The number of aromatic nitrogens is 3. The highest BCUT2D eigenvalue weighted by Gasteiger charge is 2.36. The van der Waals surface area contributed by atoms with Crippen LogP contribution in [0.1, 0.15) is 34.8 Å². The van der Waals surface area contributed by atoms with Gasteiger partial charge in [0.25, 0.3) is 5.91 Å². The first kappa shape index (κ1) is 16.6. The van der Waals surface area contributed by atoms with E-state index in [0.717, 1.165) is 5.56 Å². The van der Waals surface area contributed by atoms with E-state index in [4.69, 9.17) is 4.42 Å². The molecule has 0 radical (unpaired) electrons. The van der Waals surface area contributed by atoms with E-state index in [2.05, 4.69) is 10.4 Å². The van der Waals surface area contributed by atoms with E-state index in [-0.39, 0.29) is 24.0 Å². The predicted octanol–water partition coefficient (Wildman–Crippen LogP) is 1.11. The first-order chi connectivity index (χ1) is 12.4. The lowest BCUT2D eigenvalue weighted by molar-refractivity contribution is 0.0235. The lowest BCUT2D eigenvalue weighted by Gasteiger charge is -2.37. The number of aliphatic hydroxyl groups is 1. The summed E-state index contributed by atoms with van der Waals surface area (Å²) < 4.78 is 8.16. The third-order valence-corrected chi connectivity index (χ3v) is 5.05. The molecule has 0 aliphatic heterocycles. The van der Waals surface area contributed by atoms with E-state index in [1.54, 1.807) is 36.1 Å². The number of nitrogens with one attached hydrogen (secondary N) is 1. The molecule has 1 aliphatic carbocycles. The molecule has 1 amide bonds. The van der Waals surface area contributed by atoms with Crippen molar-refractivity contribution in [2.75, 3.05) is 0 Å². The van der Waals surface area contributed by atoms with Crippen LogP contribution in [0.4, 0.5) is 0 Å². The van der Waals surface area contributed by atoms with Crippen LogP contribution in [0.3, 0.4) is 0 Å². The summed E-state index contributed by atoms with van der Waals surface area (Å²) in [6, 6.07) is 4.68. The number of carbonyl (C=O) groups is 1. The minimum atomic E-state index is -0.464. The van der Waals surface area contributed by atoms with Crippen molar-refractivity contribution >= 4 is 17.0 Å². The number of benzene rings is 1. The summed E-state index contributed by atoms with van der Waals surface area (Å²) in [5, 5.41) is 16.9. The lowest BCUT2D eigenvalue weighted by Crippen LogP contribution is -2.41. The number of fused-ring (bicyclic) bond motifs is 1. The van der Waals surface area contributed by atoms with Crippen molar-refractivity contribution in [3.63, 3.8) is 0 Å². The Labute approximate surface area is 149 Å². The first-order valence-corrected chi connectivity index (χ1v) is 8.49. The number of rotatable bonds is 4. The van der Waals surface area contributed by atoms with Crippen LogP contribution in [0.25, 0.3) is 11.1 Å². The van der Waals surface area contributed by atoms with Crippen LogP contribution in [0.2, 0.25) is 0 Å². The van der Waals surface area contributed by atoms with Gasteiger partial charge in [0.05, 0.1) is 23.9 Å². The molecule has 2 heterocycles. The minimum absolute atomic E-state index is 0.167. The van der Waals surface area contributed by atoms with E-state index < -0.39 is 5.76 Å². The number of nitrogens with zero attached hydrogens (tertiary/aromatic N) is 3. The molecule has 136 valence electrons. The van der Waals surface area contributed by atoms with Crippen LogP contribution >= 0.6 is 0 Å². The molecule has 1 saturated carbocycles. The molecule has 1 fully saturated rings. The van der Waals surface area contributed by atoms with Gasteiger partial charge >= 0.3 is 5.76 Å². The zero-order chi connectivity index (χ0) is 18.4. The molecule has 3 aromatic rings. The third kappa shape index (κ3) is 2.82. The SMILES string of the molecule is Cn1cc(C(NC(=O)c2ccc3oc(=O)n(C)c3c2)C2CC(O)C2)cn1. The average molecular weight is 356 g/mol. The van der Waals surface area contributed by atoms with Gasteiger partial charge in [-0.1, -0.05) is 0 Å². The normalized spacial score (nSPS) is 20.7. The summed E-state index contributed by atoms with van der Waals surface area (Å²) >= 11 is 0.